The molecule has 0 aliphatic carbocycles. The summed E-state index contributed by atoms with van der Waals surface area (Å²) in [6, 6.07) is 9.85. The lowest BCUT2D eigenvalue weighted by Gasteiger charge is -2.07. The highest BCUT2D eigenvalue weighted by atomic mass is 19.1. The number of imidazole rings is 1. The van der Waals surface area contributed by atoms with Crippen LogP contribution >= 0.6 is 0 Å². The molecule has 3 aromatic rings. The Morgan fingerprint density at radius 1 is 1.19 bits per heavy atom. The molecule has 0 saturated carbocycles. The van der Waals surface area contributed by atoms with E-state index in [2.05, 4.69) is 10.3 Å². The molecule has 0 radical (unpaired) electrons. The third-order valence-corrected chi connectivity index (χ3v) is 3.82. The lowest BCUT2D eigenvalue weighted by Crippen LogP contribution is -2.08. The molecular formula is C19H14FN3O3. The molecule has 1 aromatic heterocycles. The molecule has 0 spiro atoms. The van der Waals surface area contributed by atoms with Crippen molar-refractivity contribution in [1.29, 1.82) is 0 Å². The monoisotopic (exact) mass is 351 g/mol. The number of benzene rings is 2. The van der Waals surface area contributed by atoms with Crippen molar-refractivity contribution in [1.82, 2.24) is 9.55 Å². The van der Waals surface area contributed by atoms with Crippen molar-refractivity contribution in [3.8, 4) is 17.2 Å². The van der Waals surface area contributed by atoms with Gasteiger partial charge in [-0.05, 0) is 42.0 Å². The highest BCUT2D eigenvalue weighted by Crippen LogP contribution is 2.32. The molecule has 2 aromatic carbocycles. The topological polar surface area (TPSA) is 65.4 Å². The molecule has 26 heavy (non-hydrogen) atoms. The molecule has 0 bridgehead atoms. The van der Waals surface area contributed by atoms with Gasteiger partial charge in [-0.25, -0.2) is 9.37 Å². The number of ether oxygens (including phenoxy) is 2. The van der Waals surface area contributed by atoms with Crippen LogP contribution in [0.5, 0.6) is 11.5 Å². The van der Waals surface area contributed by atoms with Crippen molar-refractivity contribution < 1.29 is 18.7 Å². The first-order valence-electron chi connectivity index (χ1n) is 7.86. The summed E-state index contributed by atoms with van der Waals surface area (Å²) >= 11 is 0. The smallest absolute Gasteiger partial charge is 0.248 e. The van der Waals surface area contributed by atoms with Crippen LogP contribution in [0.2, 0.25) is 0 Å². The van der Waals surface area contributed by atoms with Crippen LogP contribution in [0.4, 0.5) is 10.1 Å². The van der Waals surface area contributed by atoms with Gasteiger partial charge in [0.25, 0.3) is 0 Å². The maximum Gasteiger partial charge on any atom is 0.248 e. The number of carbonyl (C=O) groups is 1. The Labute approximate surface area is 148 Å². The van der Waals surface area contributed by atoms with E-state index < -0.39 is 5.82 Å². The minimum Gasteiger partial charge on any atom is -0.454 e. The maximum atomic E-state index is 14.2. The van der Waals surface area contributed by atoms with Crippen LogP contribution in [0.25, 0.3) is 11.8 Å². The molecule has 0 unspecified atom stereocenters. The quantitative estimate of drug-likeness (QED) is 0.732. The van der Waals surface area contributed by atoms with Gasteiger partial charge in [0, 0.05) is 24.2 Å². The van der Waals surface area contributed by atoms with Gasteiger partial charge in [-0.3, -0.25) is 4.79 Å². The van der Waals surface area contributed by atoms with Gasteiger partial charge in [-0.2, -0.15) is 0 Å². The minimum atomic E-state index is -0.458. The van der Waals surface area contributed by atoms with Crippen LogP contribution in [-0.2, 0) is 4.79 Å². The first kappa shape index (κ1) is 15.9. The zero-order valence-electron chi connectivity index (χ0n) is 13.6. The van der Waals surface area contributed by atoms with Gasteiger partial charge in [0.2, 0.25) is 12.7 Å². The fourth-order valence-corrected chi connectivity index (χ4v) is 2.57. The predicted octanol–water partition coefficient (Wildman–Crippen LogP) is 3.39. The molecule has 1 amide bonds. The van der Waals surface area contributed by atoms with E-state index in [1.54, 1.807) is 47.3 Å². The second-order valence-electron chi connectivity index (χ2n) is 5.57. The number of aromatic nitrogens is 2. The number of halogens is 1. The van der Waals surface area contributed by atoms with Crippen LogP contribution in [0.3, 0.4) is 0 Å². The number of hydrogen-bond donors (Lipinski definition) is 1. The van der Waals surface area contributed by atoms with E-state index in [1.807, 2.05) is 6.07 Å². The predicted molar refractivity (Wildman–Crippen MR) is 93.8 cm³/mol. The largest absolute Gasteiger partial charge is 0.454 e. The van der Waals surface area contributed by atoms with Crippen molar-refractivity contribution in [2.45, 2.75) is 0 Å². The van der Waals surface area contributed by atoms with Crippen LogP contribution < -0.4 is 14.8 Å². The van der Waals surface area contributed by atoms with Gasteiger partial charge in [0.05, 0.1) is 12.0 Å². The SMILES string of the molecule is O=C(C=Cc1ccc2c(c1)OCO2)Nc1ccc(-n2ccnc2)c(F)c1. The molecule has 0 saturated heterocycles. The molecule has 1 aliphatic heterocycles. The van der Waals surface area contributed by atoms with Crippen molar-refractivity contribution in [2.75, 3.05) is 12.1 Å². The standard InChI is InChI=1S/C19H14FN3O3/c20-15-10-14(3-4-16(15)23-8-7-21-11-23)22-19(24)6-2-13-1-5-17-18(9-13)26-12-25-17/h1-11H,12H2,(H,22,24). The summed E-state index contributed by atoms with van der Waals surface area (Å²) in [5.41, 5.74) is 1.52. The Morgan fingerprint density at radius 3 is 2.88 bits per heavy atom. The number of rotatable bonds is 4. The summed E-state index contributed by atoms with van der Waals surface area (Å²) in [6.07, 6.45) is 7.73. The van der Waals surface area contributed by atoms with E-state index >= 15 is 0 Å². The Morgan fingerprint density at radius 2 is 2.08 bits per heavy atom. The van der Waals surface area contributed by atoms with Gasteiger partial charge in [-0.15, -0.1) is 0 Å². The van der Waals surface area contributed by atoms with E-state index in [9.17, 15) is 9.18 Å². The molecule has 6 nitrogen and oxygen atoms in total. The number of carbonyl (C=O) groups excluding carboxylic acids is 1. The van der Waals surface area contributed by atoms with Gasteiger partial charge >= 0.3 is 0 Å². The fraction of sp³-hybridized carbons (Fsp3) is 0.0526. The fourth-order valence-electron chi connectivity index (χ4n) is 2.57. The second-order valence-corrected chi connectivity index (χ2v) is 5.57. The Bertz CT molecular complexity index is 984. The number of nitrogens with one attached hydrogen (secondary N) is 1. The molecule has 4 rings (SSSR count). The van der Waals surface area contributed by atoms with E-state index in [0.29, 0.717) is 22.9 Å². The molecule has 7 heteroatoms. The summed E-state index contributed by atoms with van der Waals surface area (Å²) in [5, 5.41) is 2.63. The number of fused-ring (bicyclic) bond motifs is 1. The number of anilines is 1. The van der Waals surface area contributed by atoms with Gasteiger partial charge < -0.3 is 19.4 Å². The van der Waals surface area contributed by atoms with E-state index in [-0.39, 0.29) is 12.7 Å². The van der Waals surface area contributed by atoms with Crippen molar-refractivity contribution in [2.24, 2.45) is 0 Å². The molecule has 0 fully saturated rings. The third kappa shape index (κ3) is 3.27. The average molecular weight is 351 g/mol. The molecule has 0 atom stereocenters. The molecule has 1 aliphatic rings. The summed E-state index contributed by atoms with van der Waals surface area (Å²) < 4.78 is 26.3. The number of hydrogen-bond acceptors (Lipinski definition) is 4. The van der Waals surface area contributed by atoms with E-state index in [1.165, 1.54) is 18.5 Å². The van der Waals surface area contributed by atoms with Crippen LogP contribution in [0.15, 0.2) is 61.2 Å². The Kier molecular flexibility index (Phi) is 4.10. The normalized spacial score (nSPS) is 12.5. The molecule has 1 N–H and O–H groups in total. The van der Waals surface area contributed by atoms with Crippen molar-refractivity contribution in [3.63, 3.8) is 0 Å². The first-order valence-corrected chi connectivity index (χ1v) is 7.86. The van der Waals surface area contributed by atoms with Gasteiger partial charge in [-0.1, -0.05) is 6.07 Å². The Hall–Kier alpha value is -3.61. The zero-order chi connectivity index (χ0) is 17.9. The summed E-state index contributed by atoms with van der Waals surface area (Å²) in [6.45, 7) is 0.198. The minimum absolute atomic E-state index is 0.198. The van der Waals surface area contributed by atoms with Crippen LogP contribution in [0, 0.1) is 5.82 Å². The lowest BCUT2D eigenvalue weighted by molar-refractivity contribution is -0.111. The highest BCUT2D eigenvalue weighted by Gasteiger charge is 2.12. The Balaban J connectivity index is 1.44. The summed E-state index contributed by atoms with van der Waals surface area (Å²) in [5.74, 6) is 0.503. The van der Waals surface area contributed by atoms with E-state index in [4.69, 9.17) is 9.47 Å². The van der Waals surface area contributed by atoms with E-state index in [0.717, 1.165) is 5.56 Å². The zero-order valence-corrected chi connectivity index (χ0v) is 13.6. The van der Waals surface area contributed by atoms with Crippen LogP contribution in [-0.4, -0.2) is 22.3 Å². The third-order valence-electron chi connectivity index (χ3n) is 3.82. The highest BCUT2D eigenvalue weighted by molar-refractivity contribution is 6.02. The first-order chi connectivity index (χ1) is 12.7. The molecule has 2 heterocycles. The molecular weight excluding hydrogens is 337 g/mol. The van der Waals surface area contributed by atoms with Crippen LogP contribution in [0.1, 0.15) is 5.56 Å². The van der Waals surface area contributed by atoms with Gasteiger partial charge in [0.1, 0.15) is 5.82 Å². The second kappa shape index (κ2) is 6.72. The maximum absolute atomic E-state index is 14.2. The summed E-state index contributed by atoms with van der Waals surface area (Å²) in [4.78, 5) is 15.9. The molecule has 130 valence electrons. The van der Waals surface area contributed by atoms with Crippen molar-refractivity contribution >= 4 is 17.7 Å². The number of nitrogens with zero attached hydrogens (tertiary/aromatic N) is 2. The van der Waals surface area contributed by atoms with Gasteiger partial charge in [0.15, 0.2) is 11.5 Å². The number of amides is 1. The lowest BCUT2D eigenvalue weighted by atomic mass is 10.2. The summed E-state index contributed by atoms with van der Waals surface area (Å²) in [7, 11) is 0. The van der Waals surface area contributed by atoms with Crippen molar-refractivity contribution in [3.05, 3.63) is 72.6 Å². The average Bonchev–Trinajstić information content (AvgIpc) is 3.31.